The maximum Gasteiger partial charge on any atom is 0.278 e. The van der Waals surface area contributed by atoms with Crippen molar-refractivity contribution >= 4 is 0 Å². The van der Waals surface area contributed by atoms with Crippen LogP contribution in [-0.4, -0.2) is 19.9 Å². The van der Waals surface area contributed by atoms with Crippen LogP contribution in [0.15, 0.2) is 51.8 Å². The zero-order chi connectivity index (χ0) is 16.6. The van der Waals surface area contributed by atoms with Crippen molar-refractivity contribution in [3.05, 3.63) is 64.2 Å². The third-order valence-corrected chi connectivity index (χ3v) is 4.38. The Morgan fingerprint density at radius 1 is 1.17 bits per heavy atom. The van der Waals surface area contributed by atoms with E-state index >= 15 is 0 Å². The maximum atomic E-state index is 12.0. The summed E-state index contributed by atoms with van der Waals surface area (Å²) < 4.78 is 6.68. The zero-order valence-corrected chi connectivity index (χ0v) is 13.1. The van der Waals surface area contributed by atoms with E-state index in [9.17, 15) is 4.79 Å². The van der Waals surface area contributed by atoms with Crippen LogP contribution in [-0.2, 0) is 12.1 Å². The Hall–Kier alpha value is -2.80. The molecule has 7 heteroatoms. The Balaban J connectivity index is 1.65. The van der Waals surface area contributed by atoms with Crippen molar-refractivity contribution in [3.8, 4) is 11.6 Å². The highest BCUT2D eigenvalue weighted by atomic mass is 16.5. The van der Waals surface area contributed by atoms with Gasteiger partial charge in [0.2, 0.25) is 0 Å². The average Bonchev–Trinajstić information content (AvgIpc) is 3.06. The molecule has 0 saturated heterocycles. The molecule has 3 aromatic rings. The van der Waals surface area contributed by atoms with Gasteiger partial charge in [-0.25, -0.2) is 4.68 Å². The van der Waals surface area contributed by atoms with E-state index in [1.54, 1.807) is 6.07 Å². The molecule has 1 fully saturated rings. The first kappa shape index (κ1) is 14.8. The molecule has 0 bridgehead atoms. The predicted molar refractivity (Wildman–Crippen MR) is 87.0 cm³/mol. The highest BCUT2D eigenvalue weighted by molar-refractivity contribution is 5.45. The van der Waals surface area contributed by atoms with Gasteiger partial charge in [-0.1, -0.05) is 35.5 Å². The summed E-state index contributed by atoms with van der Waals surface area (Å²) in [6.45, 7) is 0.384. The van der Waals surface area contributed by atoms with E-state index in [2.05, 4.69) is 15.2 Å². The van der Waals surface area contributed by atoms with Gasteiger partial charge in [0.1, 0.15) is 5.69 Å². The van der Waals surface area contributed by atoms with E-state index in [1.165, 1.54) is 10.7 Å². The largest absolute Gasteiger partial charge is 0.332 e. The second-order valence-electron chi connectivity index (χ2n) is 6.13. The third-order valence-electron chi connectivity index (χ3n) is 4.38. The van der Waals surface area contributed by atoms with Gasteiger partial charge in [0, 0.05) is 6.07 Å². The fraction of sp³-hybridized carbons (Fsp3) is 0.294. The molecule has 2 aromatic heterocycles. The van der Waals surface area contributed by atoms with Crippen molar-refractivity contribution in [2.75, 3.05) is 0 Å². The molecule has 2 heterocycles. The molecule has 4 rings (SSSR count). The molecule has 0 spiro atoms. The van der Waals surface area contributed by atoms with Crippen LogP contribution < -0.4 is 11.3 Å². The van der Waals surface area contributed by atoms with Crippen LogP contribution in [0.5, 0.6) is 0 Å². The molecule has 1 aliphatic carbocycles. The molecule has 7 nitrogen and oxygen atoms in total. The number of nitrogens with zero attached hydrogens (tertiary/aromatic N) is 4. The molecule has 1 saturated carbocycles. The van der Waals surface area contributed by atoms with Crippen molar-refractivity contribution in [1.82, 2.24) is 19.9 Å². The minimum Gasteiger partial charge on any atom is -0.332 e. The summed E-state index contributed by atoms with van der Waals surface area (Å²) in [5.74, 6) is 0.787. The first-order valence-corrected chi connectivity index (χ1v) is 7.90. The van der Waals surface area contributed by atoms with E-state index < -0.39 is 5.54 Å². The molecule has 0 unspecified atom stereocenters. The van der Waals surface area contributed by atoms with Gasteiger partial charge in [-0.3, -0.25) is 4.79 Å². The van der Waals surface area contributed by atoms with Crippen LogP contribution in [0, 0.1) is 0 Å². The smallest absolute Gasteiger partial charge is 0.278 e. The molecule has 0 amide bonds. The summed E-state index contributed by atoms with van der Waals surface area (Å²) in [6, 6.07) is 12.7. The van der Waals surface area contributed by atoms with Crippen LogP contribution in [0.25, 0.3) is 11.6 Å². The first-order valence-electron chi connectivity index (χ1n) is 7.90. The second-order valence-corrected chi connectivity index (χ2v) is 6.13. The van der Waals surface area contributed by atoms with Gasteiger partial charge in [0.15, 0.2) is 5.82 Å². The molecule has 122 valence electrons. The van der Waals surface area contributed by atoms with Crippen LogP contribution >= 0.6 is 0 Å². The number of benzene rings is 1. The lowest BCUT2D eigenvalue weighted by molar-refractivity contribution is 0.229. The van der Waals surface area contributed by atoms with Crippen molar-refractivity contribution in [2.45, 2.75) is 31.3 Å². The SMILES string of the molecule is NC1(c2noc(-c3ccc(=O)n(Cc4ccccc4)n3)n2)CCC1. The first-order chi connectivity index (χ1) is 11.6. The van der Waals surface area contributed by atoms with E-state index in [4.69, 9.17) is 10.3 Å². The standard InChI is InChI=1S/C17H17N5O2/c18-17(9-4-10-17)16-19-15(24-21-16)13-7-8-14(23)22(20-13)11-12-5-2-1-3-6-12/h1-3,5-8H,4,9-11,18H2. The van der Waals surface area contributed by atoms with Crippen LogP contribution in [0.2, 0.25) is 0 Å². The van der Waals surface area contributed by atoms with Gasteiger partial charge < -0.3 is 10.3 Å². The highest BCUT2D eigenvalue weighted by Gasteiger charge is 2.39. The summed E-state index contributed by atoms with van der Waals surface area (Å²) in [5, 5.41) is 8.33. The normalized spacial score (nSPS) is 15.9. The minimum absolute atomic E-state index is 0.184. The molecule has 24 heavy (non-hydrogen) atoms. The Kier molecular flexibility index (Phi) is 3.50. The Morgan fingerprint density at radius 2 is 1.96 bits per heavy atom. The highest BCUT2D eigenvalue weighted by Crippen LogP contribution is 2.37. The number of nitrogens with two attached hydrogens (primary N) is 1. The molecule has 0 atom stereocenters. The molecule has 1 aromatic carbocycles. The van der Waals surface area contributed by atoms with Gasteiger partial charge in [0.05, 0.1) is 12.1 Å². The van der Waals surface area contributed by atoms with Crippen molar-refractivity contribution in [3.63, 3.8) is 0 Å². The summed E-state index contributed by atoms with van der Waals surface area (Å²) in [6.07, 6.45) is 2.78. The van der Waals surface area contributed by atoms with Gasteiger partial charge >= 0.3 is 0 Å². The van der Waals surface area contributed by atoms with E-state index in [-0.39, 0.29) is 11.4 Å². The van der Waals surface area contributed by atoms with Crippen molar-refractivity contribution in [2.24, 2.45) is 5.73 Å². The maximum absolute atomic E-state index is 12.0. The van der Waals surface area contributed by atoms with Gasteiger partial charge in [-0.2, -0.15) is 10.1 Å². The number of hydrogen-bond donors (Lipinski definition) is 1. The topological polar surface area (TPSA) is 99.8 Å². The fourth-order valence-electron chi connectivity index (χ4n) is 2.74. The van der Waals surface area contributed by atoms with Crippen LogP contribution in [0.4, 0.5) is 0 Å². The predicted octanol–water partition coefficient (Wildman–Crippen LogP) is 1.68. The lowest BCUT2D eigenvalue weighted by Gasteiger charge is -2.34. The quantitative estimate of drug-likeness (QED) is 0.784. The molecule has 0 radical (unpaired) electrons. The van der Waals surface area contributed by atoms with Crippen molar-refractivity contribution < 1.29 is 4.52 Å². The van der Waals surface area contributed by atoms with Crippen LogP contribution in [0.3, 0.4) is 0 Å². The Bertz CT molecular complexity index is 912. The summed E-state index contributed by atoms with van der Waals surface area (Å²) in [5.41, 5.74) is 7.00. The molecular weight excluding hydrogens is 306 g/mol. The second kappa shape index (κ2) is 5.68. The molecule has 1 aliphatic rings. The van der Waals surface area contributed by atoms with Gasteiger partial charge in [-0.05, 0) is 30.9 Å². The van der Waals surface area contributed by atoms with E-state index in [0.29, 0.717) is 18.1 Å². The third kappa shape index (κ3) is 2.63. The average molecular weight is 323 g/mol. The number of rotatable bonds is 4. The van der Waals surface area contributed by atoms with Gasteiger partial charge in [-0.15, -0.1) is 0 Å². The minimum atomic E-state index is -0.486. The van der Waals surface area contributed by atoms with Crippen molar-refractivity contribution in [1.29, 1.82) is 0 Å². The number of aromatic nitrogens is 4. The molecule has 2 N–H and O–H groups in total. The molecular formula is C17H17N5O2. The Labute approximate surface area is 138 Å². The van der Waals surface area contributed by atoms with Crippen LogP contribution in [0.1, 0.15) is 30.7 Å². The van der Waals surface area contributed by atoms with Gasteiger partial charge in [0.25, 0.3) is 11.4 Å². The lowest BCUT2D eigenvalue weighted by atomic mass is 9.77. The summed E-state index contributed by atoms with van der Waals surface area (Å²) in [4.78, 5) is 16.4. The Morgan fingerprint density at radius 3 is 2.67 bits per heavy atom. The number of hydrogen-bond acceptors (Lipinski definition) is 6. The van der Waals surface area contributed by atoms with E-state index in [0.717, 1.165) is 24.8 Å². The molecule has 0 aliphatic heterocycles. The van der Waals surface area contributed by atoms with E-state index in [1.807, 2.05) is 30.3 Å². The monoisotopic (exact) mass is 323 g/mol. The zero-order valence-electron chi connectivity index (χ0n) is 13.1. The summed E-state index contributed by atoms with van der Waals surface area (Å²) >= 11 is 0. The summed E-state index contributed by atoms with van der Waals surface area (Å²) in [7, 11) is 0. The fourth-order valence-corrected chi connectivity index (χ4v) is 2.74. The lowest BCUT2D eigenvalue weighted by Crippen LogP contribution is -2.44.